The van der Waals surface area contributed by atoms with E-state index in [-0.39, 0.29) is 0 Å². The van der Waals surface area contributed by atoms with Crippen molar-refractivity contribution in [3.8, 4) is 6.07 Å². The lowest BCUT2D eigenvalue weighted by Crippen LogP contribution is -2.24. The van der Waals surface area contributed by atoms with Crippen molar-refractivity contribution in [1.29, 1.82) is 5.26 Å². The Morgan fingerprint density at radius 2 is 2.00 bits per heavy atom. The highest BCUT2D eigenvalue weighted by Gasteiger charge is 2.08. The molecule has 2 rings (SSSR count). The zero-order chi connectivity index (χ0) is 14.9. The zero-order valence-electron chi connectivity index (χ0n) is 12.2. The minimum atomic E-state index is 0.484. The first kappa shape index (κ1) is 14.8. The second kappa shape index (κ2) is 7.85. The number of nitriles is 1. The predicted octanol–water partition coefficient (Wildman–Crippen LogP) is 2.83. The number of nitrogens with one attached hydrogen (secondary N) is 1. The van der Waals surface area contributed by atoms with Crippen LogP contribution in [0.3, 0.4) is 0 Å². The fraction of sp³-hybridized carbons (Fsp3) is 0.312. The maximum atomic E-state index is 8.81. The van der Waals surface area contributed by atoms with Crippen LogP contribution >= 0.6 is 0 Å². The summed E-state index contributed by atoms with van der Waals surface area (Å²) in [5.41, 5.74) is 1.98. The molecule has 0 saturated heterocycles. The van der Waals surface area contributed by atoms with Gasteiger partial charge >= 0.3 is 0 Å². The van der Waals surface area contributed by atoms with E-state index in [2.05, 4.69) is 26.3 Å². The second-order valence-corrected chi connectivity index (χ2v) is 4.59. The average molecular weight is 281 g/mol. The van der Waals surface area contributed by atoms with E-state index in [1.165, 1.54) is 0 Å². The Labute approximate surface area is 125 Å². The standard InChI is InChI=1S/C16H19N5/c1-2-18-16-12-19-14(11-20-16)13-21(10-6-9-17)15-7-4-3-5-8-15/h3-5,7-8,11-12H,2,6,10,13H2,1H3,(H,18,20). The summed E-state index contributed by atoms with van der Waals surface area (Å²) in [5.74, 6) is 0.782. The number of nitrogens with zero attached hydrogens (tertiary/aromatic N) is 4. The summed E-state index contributed by atoms with van der Waals surface area (Å²) in [6.45, 7) is 4.17. The Bertz CT molecular complexity index is 574. The fourth-order valence-corrected chi connectivity index (χ4v) is 2.03. The second-order valence-electron chi connectivity index (χ2n) is 4.59. The van der Waals surface area contributed by atoms with Crippen LogP contribution in [0.2, 0.25) is 0 Å². The van der Waals surface area contributed by atoms with E-state index >= 15 is 0 Å². The molecule has 0 fully saturated rings. The zero-order valence-corrected chi connectivity index (χ0v) is 12.2. The van der Waals surface area contributed by atoms with Crippen molar-refractivity contribution in [2.24, 2.45) is 0 Å². The highest BCUT2D eigenvalue weighted by molar-refractivity contribution is 5.46. The molecule has 0 spiro atoms. The van der Waals surface area contributed by atoms with Crippen LogP contribution in [-0.4, -0.2) is 23.1 Å². The van der Waals surface area contributed by atoms with Crippen LogP contribution in [0.5, 0.6) is 0 Å². The summed E-state index contributed by atoms with van der Waals surface area (Å²) in [5, 5.41) is 11.9. The predicted molar refractivity (Wildman–Crippen MR) is 83.9 cm³/mol. The molecule has 0 amide bonds. The van der Waals surface area contributed by atoms with Gasteiger partial charge in [0.2, 0.25) is 0 Å². The smallest absolute Gasteiger partial charge is 0.144 e. The number of anilines is 2. The molecule has 108 valence electrons. The lowest BCUT2D eigenvalue weighted by atomic mass is 10.2. The molecule has 1 heterocycles. The first-order chi connectivity index (χ1) is 10.3. The van der Waals surface area contributed by atoms with Crippen molar-refractivity contribution in [3.05, 3.63) is 48.4 Å². The van der Waals surface area contributed by atoms with Crippen LogP contribution < -0.4 is 10.2 Å². The van der Waals surface area contributed by atoms with Crippen molar-refractivity contribution in [2.75, 3.05) is 23.3 Å². The number of aromatic nitrogens is 2. The molecule has 0 saturated carbocycles. The van der Waals surface area contributed by atoms with Crippen molar-refractivity contribution >= 4 is 11.5 Å². The molecular formula is C16H19N5. The molecule has 5 nitrogen and oxygen atoms in total. The van der Waals surface area contributed by atoms with E-state index in [1.807, 2.05) is 37.3 Å². The molecule has 1 N–H and O–H groups in total. The van der Waals surface area contributed by atoms with E-state index in [9.17, 15) is 0 Å². The van der Waals surface area contributed by atoms with E-state index < -0.39 is 0 Å². The molecule has 1 aromatic carbocycles. The largest absolute Gasteiger partial charge is 0.369 e. The van der Waals surface area contributed by atoms with Crippen LogP contribution in [0.25, 0.3) is 0 Å². The van der Waals surface area contributed by atoms with Crippen molar-refractivity contribution in [2.45, 2.75) is 19.9 Å². The van der Waals surface area contributed by atoms with Gasteiger partial charge in [0.05, 0.1) is 37.1 Å². The summed E-state index contributed by atoms with van der Waals surface area (Å²) in [6, 6.07) is 12.2. The topological polar surface area (TPSA) is 64.8 Å². The quantitative estimate of drug-likeness (QED) is 0.845. The van der Waals surface area contributed by atoms with Gasteiger partial charge in [-0.1, -0.05) is 18.2 Å². The maximum Gasteiger partial charge on any atom is 0.144 e. The Kier molecular flexibility index (Phi) is 5.53. The summed E-state index contributed by atoms with van der Waals surface area (Å²) in [4.78, 5) is 10.9. The summed E-state index contributed by atoms with van der Waals surface area (Å²) in [6.07, 6.45) is 4.00. The highest BCUT2D eigenvalue weighted by atomic mass is 15.1. The van der Waals surface area contributed by atoms with Crippen molar-refractivity contribution in [1.82, 2.24) is 9.97 Å². The summed E-state index contributed by atoms with van der Waals surface area (Å²) >= 11 is 0. The average Bonchev–Trinajstić information content (AvgIpc) is 2.54. The molecule has 2 aromatic rings. The van der Waals surface area contributed by atoms with Crippen LogP contribution in [0.1, 0.15) is 19.0 Å². The molecule has 0 unspecified atom stereocenters. The molecule has 0 bridgehead atoms. The highest BCUT2D eigenvalue weighted by Crippen LogP contribution is 2.16. The number of benzene rings is 1. The van der Waals surface area contributed by atoms with Gasteiger partial charge in [-0.25, -0.2) is 4.98 Å². The Morgan fingerprint density at radius 3 is 2.62 bits per heavy atom. The Balaban J connectivity index is 2.09. The van der Waals surface area contributed by atoms with Gasteiger partial charge in [-0.05, 0) is 19.1 Å². The van der Waals surface area contributed by atoms with E-state index in [0.29, 0.717) is 19.5 Å². The Morgan fingerprint density at radius 1 is 1.19 bits per heavy atom. The van der Waals surface area contributed by atoms with E-state index in [0.717, 1.165) is 23.7 Å². The van der Waals surface area contributed by atoms with Gasteiger partial charge in [0.15, 0.2) is 0 Å². The molecule has 0 atom stereocenters. The van der Waals surface area contributed by atoms with Gasteiger partial charge < -0.3 is 10.2 Å². The van der Waals surface area contributed by atoms with Gasteiger partial charge in [-0.3, -0.25) is 4.98 Å². The minimum Gasteiger partial charge on any atom is -0.369 e. The molecule has 5 heteroatoms. The van der Waals surface area contributed by atoms with E-state index in [1.54, 1.807) is 12.4 Å². The van der Waals surface area contributed by atoms with Gasteiger partial charge in [0, 0.05) is 18.8 Å². The Hall–Kier alpha value is -2.61. The molecule has 0 radical (unpaired) electrons. The third-order valence-electron chi connectivity index (χ3n) is 3.03. The minimum absolute atomic E-state index is 0.484. The van der Waals surface area contributed by atoms with Gasteiger partial charge in [0.1, 0.15) is 5.82 Å². The SMILES string of the molecule is CCNc1cnc(CN(CCC#N)c2ccccc2)cn1. The molecule has 0 aliphatic carbocycles. The first-order valence-electron chi connectivity index (χ1n) is 7.05. The van der Waals surface area contributed by atoms with Gasteiger partial charge in [-0.2, -0.15) is 5.26 Å². The molecule has 21 heavy (non-hydrogen) atoms. The number of hydrogen-bond donors (Lipinski definition) is 1. The van der Waals surface area contributed by atoms with Crippen LogP contribution in [0.15, 0.2) is 42.7 Å². The summed E-state index contributed by atoms with van der Waals surface area (Å²) < 4.78 is 0. The fourth-order valence-electron chi connectivity index (χ4n) is 2.03. The number of rotatable bonds is 7. The van der Waals surface area contributed by atoms with Gasteiger partial charge in [-0.15, -0.1) is 0 Å². The summed E-state index contributed by atoms with van der Waals surface area (Å²) in [7, 11) is 0. The molecule has 0 aliphatic rings. The van der Waals surface area contributed by atoms with Crippen LogP contribution in [-0.2, 0) is 6.54 Å². The van der Waals surface area contributed by atoms with Crippen molar-refractivity contribution < 1.29 is 0 Å². The van der Waals surface area contributed by atoms with Crippen LogP contribution in [0, 0.1) is 11.3 Å². The third-order valence-corrected chi connectivity index (χ3v) is 3.03. The third kappa shape index (κ3) is 4.46. The number of hydrogen-bond acceptors (Lipinski definition) is 5. The van der Waals surface area contributed by atoms with Gasteiger partial charge in [0.25, 0.3) is 0 Å². The maximum absolute atomic E-state index is 8.81. The molecule has 0 aliphatic heterocycles. The number of para-hydroxylation sites is 1. The lowest BCUT2D eigenvalue weighted by Gasteiger charge is -2.23. The normalized spacial score (nSPS) is 9.90. The van der Waals surface area contributed by atoms with E-state index in [4.69, 9.17) is 5.26 Å². The monoisotopic (exact) mass is 281 g/mol. The first-order valence-corrected chi connectivity index (χ1v) is 7.05. The molecule has 1 aromatic heterocycles. The lowest BCUT2D eigenvalue weighted by molar-refractivity contribution is 0.776. The molecular weight excluding hydrogens is 262 g/mol. The van der Waals surface area contributed by atoms with Crippen LogP contribution in [0.4, 0.5) is 11.5 Å². The van der Waals surface area contributed by atoms with Crippen molar-refractivity contribution in [3.63, 3.8) is 0 Å².